The summed E-state index contributed by atoms with van der Waals surface area (Å²) in [4.78, 5) is 22.3. The van der Waals surface area contributed by atoms with E-state index in [1.165, 1.54) is 0 Å². The van der Waals surface area contributed by atoms with E-state index < -0.39 is 23.6 Å². The maximum absolute atomic E-state index is 11.5. The number of nitrogens with two attached hydrogens (primary N) is 1. The summed E-state index contributed by atoms with van der Waals surface area (Å²) in [5.74, 6) is -2.21. The molecule has 5 atom stereocenters. The van der Waals surface area contributed by atoms with Gasteiger partial charge in [0.05, 0.1) is 12.2 Å². The summed E-state index contributed by atoms with van der Waals surface area (Å²) in [5, 5.41) is 18.2. The molecule has 0 aromatic heterocycles. The van der Waals surface area contributed by atoms with E-state index in [-0.39, 0.29) is 31.0 Å². The Bertz CT molecular complexity index is 386. The van der Waals surface area contributed by atoms with Crippen molar-refractivity contribution in [3.8, 4) is 0 Å². The molecule has 0 aromatic carbocycles. The number of fused-ring (bicyclic) bond motifs is 1. The summed E-state index contributed by atoms with van der Waals surface area (Å²) in [6, 6.07) is -1.26. The minimum absolute atomic E-state index is 0.151. The van der Waals surface area contributed by atoms with Crippen molar-refractivity contribution in [3.05, 3.63) is 0 Å². The Labute approximate surface area is 110 Å². The molecule has 7 heteroatoms. The lowest BCUT2D eigenvalue weighted by molar-refractivity contribution is -0.172. The van der Waals surface area contributed by atoms with E-state index in [1.807, 2.05) is 6.92 Å². The lowest BCUT2D eigenvalue weighted by Gasteiger charge is -2.31. The highest BCUT2D eigenvalue weighted by molar-refractivity contribution is 5.80. The van der Waals surface area contributed by atoms with Crippen molar-refractivity contribution in [2.24, 2.45) is 11.7 Å². The summed E-state index contributed by atoms with van der Waals surface area (Å²) < 4.78 is 11.2. The molecule has 2 rings (SSSR count). The van der Waals surface area contributed by atoms with Crippen LogP contribution in [0.3, 0.4) is 0 Å². The maximum atomic E-state index is 11.5. The molecule has 2 heterocycles. The number of ether oxygens (including phenoxy) is 2. The fourth-order valence-electron chi connectivity index (χ4n) is 2.83. The van der Waals surface area contributed by atoms with E-state index in [0.717, 1.165) is 6.42 Å². The molecule has 2 saturated heterocycles. The van der Waals surface area contributed by atoms with Crippen molar-refractivity contribution in [2.45, 2.75) is 50.0 Å². The van der Waals surface area contributed by atoms with Gasteiger partial charge in [0.25, 0.3) is 0 Å². The SMILES string of the molecule is CC1CCOC2C[C@@](C[C@H](N)C(=O)O)(C(=O)O)OC12. The van der Waals surface area contributed by atoms with Crippen molar-refractivity contribution in [2.75, 3.05) is 6.61 Å². The van der Waals surface area contributed by atoms with Crippen LogP contribution in [0.1, 0.15) is 26.2 Å². The predicted octanol–water partition coefficient (Wildman–Crippen LogP) is -0.174. The first-order chi connectivity index (χ1) is 8.85. The average molecular weight is 273 g/mol. The van der Waals surface area contributed by atoms with E-state index >= 15 is 0 Å². The van der Waals surface area contributed by atoms with Crippen LogP contribution in [0.5, 0.6) is 0 Å². The van der Waals surface area contributed by atoms with Crippen LogP contribution >= 0.6 is 0 Å². The molecule has 0 radical (unpaired) electrons. The van der Waals surface area contributed by atoms with Crippen LogP contribution in [0.4, 0.5) is 0 Å². The normalized spacial score (nSPS) is 39.6. The van der Waals surface area contributed by atoms with Crippen molar-refractivity contribution in [3.63, 3.8) is 0 Å². The monoisotopic (exact) mass is 273 g/mol. The number of carbonyl (C=O) groups is 2. The smallest absolute Gasteiger partial charge is 0.336 e. The van der Waals surface area contributed by atoms with Crippen LogP contribution in [0.25, 0.3) is 0 Å². The molecule has 0 aliphatic carbocycles. The van der Waals surface area contributed by atoms with Gasteiger partial charge in [-0.2, -0.15) is 0 Å². The molecule has 7 nitrogen and oxygen atoms in total. The Hall–Kier alpha value is -1.18. The molecule has 2 aliphatic heterocycles. The Morgan fingerprint density at radius 3 is 2.68 bits per heavy atom. The van der Waals surface area contributed by atoms with Gasteiger partial charge in [0.1, 0.15) is 6.04 Å². The van der Waals surface area contributed by atoms with Crippen molar-refractivity contribution < 1.29 is 29.3 Å². The van der Waals surface area contributed by atoms with Crippen LogP contribution < -0.4 is 5.73 Å². The molecular formula is C12H19NO6. The maximum Gasteiger partial charge on any atom is 0.336 e. The van der Waals surface area contributed by atoms with Crippen LogP contribution in [0.15, 0.2) is 0 Å². The van der Waals surface area contributed by atoms with Gasteiger partial charge in [-0.05, 0) is 12.3 Å². The summed E-state index contributed by atoms with van der Waals surface area (Å²) in [6.07, 6.45) is 0.118. The summed E-state index contributed by atoms with van der Waals surface area (Å²) in [6.45, 7) is 2.56. The third kappa shape index (κ3) is 2.58. The van der Waals surface area contributed by atoms with E-state index in [4.69, 9.17) is 20.3 Å². The molecule has 0 bridgehead atoms. The number of rotatable bonds is 4. The van der Waals surface area contributed by atoms with Crippen LogP contribution in [0.2, 0.25) is 0 Å². The number of hydrogen-bond acceptors (Lipinski definition) is 5. The van der Waals surface area contributed by atoms with Crippen LogP contribution in [0, 0.1) is 5.92 Å². The van der Waals surface area contributed by atoms with Gasteiger partial charge in [-0.1, -0.05) is 6.92 Å². The third-order valence-corrected chi connectivity index (χ3v) is 3.98. The topological polar surface area (TPSA) is 119 Å². The molecule has 0 spiro atoms. The van der Waals surface area contributed by atoms with Crippen LogP contribution in [-0.2, 0) is 19.1 Å². The largest absolute Gasteiger partial charge is 0.480 e. The van der Waals surface area contributed by atoms with Gasteiger partial charge in [-0.3, -0.25) is 4.79 Å². The Morgan fingerprint density at radius 2 is 2.16 bits per heavy atom. The molecule has 2 aliphatic rings. The molecule has 3 unspecified atom stereocenters. The highest BCUT2D eigenvalue weighted by Gasteiger charge is 2.55. The van der Waals surface area contributed by atoms with Gasteiger partial charge in [0.2, 0.25) is 0 Å². The van der Waals surface area contributed by atoms with Crippen molar-refractivity contribution in [1.82, 2.24) is 0 Å². The third-order valence-electron chi connectivity index (χ3n) is 3.98. The van der Waals surface area contributed by atoms with E-state index in [0.29, 0.717) is 6.61 Å². The van der Waals surface area contributed by atoms with Gasteiger partial charge >= 0.3 is 11.9 Å². The van der Waals surface area contributed by atoms with E-state index in [2.05, 4.69) is 0 Å². The van der Waals surface area contributed by atoms with Gasteiger partial charge in [0, 0.05) is 19.4 Å². The molecule has 108 valence electrons. The Balaban J connectivity index is 2.18. The average Bonchev–Trinajstić information content (AvgIpc) is 2.70. The minimum atomic E-state index is -1.55. The first-order valence-electron chi connectivity index (χ1n) is 6.37. The van der Waals surface area contributed by atoms with Crippen molar-refractivity contribution >= 4 is 11.9 Å². The standard InChI is InChI=1S/C12H19NO6/c1-6-2-3-18-8-5-12(11(16)17,19-9(6)8)4-7(13)10(14)15/h6-9H,2-5,13H2,1H3,(H,14,15)(H,16,17)/t6?,7-,8?,9?,12-/m0/s1. The zero-order chi connectivity index (χ0) is 14.2. The van der Waals surface area contributed by atoms with Gasteiger partial charge in [0.15, 0.2) is 5.60 Å². The summed E-state index contributed by atoms with van der Waals surface area (Å²) >= 11 is 0. The second-order valence-corrected chi connectivity index (χ2v) is 5.41. The Morgan fingerprint density at radius 1 is 1.47 bits per heavy atom. The summed E-state index contributed by atoms with van der Waals surface area (Å²) in [7, 11) is 0. The van der Waals surface area contributed by atoms with Gasteiger partial charge in [-0.25, -0.2) is 4.79 Å². The molecule has 19 heavy (non-hydrogen) atoms. The highest BCUT2D eigenvalue weighted by atomic mass is 16.6. The van der Waals surface area contributed by atoms with Crippen molar-refractivity contribution in [1.29, 1.82) is 0 Å². The fraction of sp³-hybridized carbons (Fsp3) is 0.833. The molecule has 2 fully saturated rings. The lowest BCUT2D eigenvalue weighted by Crippen LogP contribution is -2.47. The molecule has 0 aromatic rings. The van der Waals surface area contributed by atoms with E-state index in [9.17, 15) is 14.7 Å². The molecule has 4 N–H and O–H groups in total. The Kier molecular flexibility index (Phi) is 3.80. The van der Waals surface area contributed by atoms with Gasteiger partial charge < -0.3 is 25.4 Å². The second kappa shape index (κ2) is 5.07. The number of aliphatic carboxylic acids is 2. The highest BCUT2D eigenvalue weighted by Crippen LogP contribution is 2.41. The quantitative estimate of drug-likeness (QED) is 0.650. The zero-order valence-corrected chi connectivity index (χ0v) is 10.7. The first-order valence-corrected chi connectivity index (χ1v) is 6.37. The molecule has 0 amide bonds. The predicted molar refractivity (Wildman–Crippen MR) is 63.6 cm³/mol. The minimum Gasteiger partial charge on any atom is -0.480 e. The number of carboxylic acids is 2. The van der Waals surface area contributed by atoms with E-state index in [1.54, 1.807) is 0 Å². The van der Waals surface area contributed by atoms with Crippen LogP contribution in [-0.4, -0.2) is 52.6 Å². The summed E-state index contributed by atoms with van der Waals surface area (Å²) in [5.41, 5.74) is 3.91. The fourth-order valence-corrected chi connectivity index (χ4v) is 2.83. The second-order valence-electron chi connectivity index (χ2n) is 5.41. The molecule has 0 saturated carbocycles. The zero-order valence-electron chi connectivity index (χ0n) is 10.7. The van der Waals surface area contributed by atoms with Gasteiger partial charge in [-0.15, -0.1) is 0 Å². The number of hydrogen-bond donors (Lipinski definition) is 3. The lowest BCUT2D eigenvalue weighted by atomic mass is 9.88. The molecular weight excluding hydrogens is 254 g/mol. The number of carboxylic acid groups (broad SMARTS) is 2. The first kappa shape index (κ1) is 14.2.